The van der Waals surface area contributed by atoms with Gasteiger partial charge in [-0.2, -0.15) is 0 Å². The maximum absolute atomic E-state index is 12.3. The second-order valence-corrected chi connectivity index (χ2v) is 5.85. The molecule has 1 unspecified atom stereocenters. The molecule has 126 valence electrons. The summed E-state index contributed by atoms with van der Waals surface area (Å²) in [6, 6.07) is 15.7. The number of hydrogen-bond acceptors (Lipinski definition) is 4. The summed E-state index contributed by atoms with van der Waals surface area (Å²) in [6.45, 7) is 4.48. The minimum atomic E-state index is -0.545. The predicted octanol–water partition coefficient (Wildman–Crippen LogP) is 3.46. The van der Waals surface area contributed by atoms with Crippen LogP contribution in [0.5, 0.6) is 0 Å². The topological polar surface area (TPSA) is 84.3 Å². The number of carbonyl (C=O) groups is 1. The van der Waals surface area contributed by atoms with Crippen molar-refractivity contribution in [1.82, 2.24) is 5.32 Å². The Morgan fingerprint density at radius 1 is 1.08 bits per heavy atom. The fourth-order valence-corrected chi connectivity index (χ4v) is 2.32. The van der Waals surface area contributed by atoms with Crippen LogP contribution in [0.15, 0.2) is 54.6 Å². The molecule has 0 radical (unpaired) electrons. The van der Waals surface area contributed by atoms with Gasteiger partial charge in [0.2, 0.25) is 0 Å². The Morgan fingerprint density at radius 3 is 2.33 bits per heavy atom. The minimum Gasteiger partial charge on any atom is -0.380 e. The van der Waals surface area contributed by atoms with Gasteiger partial charge in [0.15, 0.2) is 0 Å². The molecule has 2 N–H and O–H groups in total. The molecule has 6 heteroatoms. The van der Waals surface area contributed by atoms with Gasteiger partial charge in [0, 0.05) is 24.3 Å². The lowest BCUT2D eigenvalue weighted by Gasteiger charge is -2.24. The van der Waals surface area contributed by atoms with Crippen molar-refractivity contribution in [2.75, 3.05) is 11.9 Å². The number of carbonyl (C=O) groups excluding carboxylic acids is 1. The van der Waals surface area contributed by atoms with Crippen molar-refractivity contribution in [2.45, 2.75) is 19.9 Å². The van der Waals surface area contributed by atoms with E-state index >= 15 is 0 Å². The van der Waals surface area contributed by atoms with E-state index in [1.54, 1.807) is 12.1 Å². The average Bonchev–Trinajstić information content (AvgIpc) is 2.58. The quantitative estimate of drug-likeness (QED) is 0.602. The normalized spacial score (nSPS) is 11.8. The highest BCUT2D eigenvalue weighted by Crippen LogP contribution is 2.17. The molecule has 1 amide bonds. The van der Waals surface area contributed by atoms with Crippen LogP contribution in [0.2, 0.25) is 0 Å². The number of nitrogens with zero attached hydrogens (tertiary/aromatic N) is 1. The first-order chi connectivity index (χ1) is 11.5. The third-order valence-electron chi connectivity index (χ3n) is 3.76. The molecule has 2 aromatic carbocycles. The Balaban J connectivity index is 2.04. The zero-order chi connectivity index (χ0) is 17.5. The number of nitro groups is 1. The Labute approximate surface area is 141 Å². The molecule has 0 aliphatic rings. The van der Waals surface area contributed by atoms with Crippen molar-refractivity contribution in [3.63, 3.8) is 0 Å². The summed E-state index contributed by atoms with van der Waals surface area (Å²) in [5.41, 5.74) is 0.855. The van der Waals surface area contributed by atoms with Gasteiger partial charge in [-0.05, 0) is 24.1 Å². The third-order valence-corrected chi connectivity index (χ3v) is 3.76. The summed E-state index contributed by atoms with van der Waals surface area (Å²) in [5.74, 6) is -0.168. The predicted molar refractivity (Wildman–Crippen MR) is 94.1 cm³/mol. The Morgan fingerprint density at radius 2 is 1.71 bits per heavy atom. The molecule has 0 saturated heterocycles. The first kappa shape index (κ1) is 17.5. The van der Waals surface area contributed by atoms with Crippen LogP contribution in [0.25, 0.3) is 0 Å². The largest absolute Gasteiger partial charge is 0.380 e. The minimum absolute atomic E-state index is 0.0131. The summed E-state index contributed by atoms with van der Waals surface area (Å²) >= 11 is 0. The second kappa shape index (κ2) is 8.10. The van der Waals surface area contributed by atoms with E-state index < -0.39 is 10.8 Å². The molecule has 0 spiro atoms. The highest BCUT2D eigenvalue weighted by molar-refractivity contribution is 5.98. The van der Waals surface area contributed by atoms with Crippen LogP contribution < -0.4 is 10.6 Å². The van der Waals surface area contributed by atoms with E-state index in [-0.39, 0.29) is 23.2 Å². The van der Waals surface area contributed by atoms with Crippen LogP contribution in [-0.2, 0) is 0 Å². The zero-order valence-corrected chi connectivity index (χ0v) is 13.7. The van der Waals surface area contributed by atoms with Gasteiger partial charge in [0.1, 0.15) is 5.56 Å². The number of amides is 1. The molecule has 0 aliphatic carbocycles. The van der Waals surface area contributed by atoms with Gasteiger partial charge in [-0.25, -0.2) is 0 Å². The van der Waals surface area contributed by atoms with Crippen molar-refractivity contribution in [2.24, 2.45) is 5.92 Å². The Bertz CT molecular complexity index is 702. The smallest absolute Gasteiger partial charge is 0.282 e. The molecule has 2 rings (SSSR count). The SMILES string of the molecule is CC(C)C(CNC(=O)c1ccccc1[N+](=O)[O-])Nc1ccccc1. The number of para-hydroxylation sites is 2. The molecule has 2 aromatic rings. The number of hydrogen-bond donors (Lipinski definition) is 2. The Kier molecular flexibility index (Phi) is 5.89. The van der Waals surface area contributed by atoms with E-state index in [0.717, 1.165) is 5.69 Å². The van der Waals surface area contributed by atoms with Crippen LogP contribution in [0.3, 0.4) is 0 Å². The monoisotopic (exact) mass is 327 g/mol. The molecule has 0 aromatic heterocycles. The van der Waals surface area contributed by atoms with Crippen LogP contribution in [0.4, 0.5) is 11.4 Å². The van der Waals surface area contributed by atoms with Gasteiger partial charge in [0.05, 0.1) is 4.92 Å². The van der Waals surface area contributed by atoms with E-state index in [9.17, 15) is 14.9 Å². The summed E-state index contributed by atoms with van der Waals surface area (Å²) in [6.07, 6.45) is 0. The fraction of sp³-hybridized carbons (Fsp3) is 0.278. The highest BCUT2D eigenvalue weighted by atomic mass is 16.6. The maximum Gasteiger partial charge on any atom is 0.282 e. The van der Waals surface area contributed by atoms with Crippen molar-refractivity contribution in [3.8, 4) is 0 Å². The van der Waals surface area contributed by atoms with Crippen LogP contribution in [0, 0.1) is 16.0 Å². The number of anilines is 1. The standard InChI is InChI=1S/C18H21N3O3/c1-13(2)16(20-14-8-4-3-5-9-14)12-19-18(22)15-10-6-7-11-17(15)21(23)24/h3-11,13,16,20H,12H2,1-2H3,(H,19,22). The van der Waals surface area contributed by atoms with Gasteiger partial charge in [-0.3, -0.25) is 14.9 Å². The molecule has 1 atom stereocenters. The molecule has 0 heterocycles. The molecule has 0 bridgehead atoms. The molecule has 0 aliphatic heterocycles. The van der Waals surface area contributed by atoms with Gasteiger partial charge in [-0.15, -0.1) is 0 Å². The Hall–Kier alpha value is -2.89. The van der Waals surface area contributed by atoms with Crippen molar-refractivity contribution < 1.29 is 9.72 Å². The van der Waals surface area contributed by atoms with Crippen LogP contribution in [-0.4, -0.2) is 23.4 Å². The van der Waals surface area contributed by atoms with E-state index in [0.29, 0.717) is 6.54 Å². The van der Waals surface area contributed by atoms with Crippen molar-refractivity contribution in [3.05, 3.63) is 70.3 Å². The lowest BCUT2D eigenvalue weighted by atomic mass is 10.0. The molecule has 0 fully saturated rings. The van der Waals surface area contributed by atoms with Gasteiger partial charge in [-0.1, -0.05) is 44.2 Å². The lowest BCUT2D eigenvalue weighted by molar-refractivity contribution is -0.385. The lowest BCUT2D eigenvalue weighted by Crippen LogP contribution is -2.39. The van der Waals surface area contributed by atoms with Gasteiger partial charge < -0.3 is 10.6 Å². The zero-order valence-electron chi connectivity index (χ0n) is 13.7. The summed E-state index contributed by atoms with van der Waals surface area (Å²) in [4.78, 5) is 22.8. The van der Waals surface area contributed by atoms with E-state index in [2.05, 4.69) is 24.5 Å². The van der Waals surface area contributed by atoms with Crippen LogP contribution >= 0.6 is 0 Å². The highest BCUT2D eigenvalue weighted by Gasteiger charge is 2.21. The molecular formula is C18H21N3O3. The molecule has 24 heavy (non-hydrogen) atoms. The molecular weight excluding hydrogens is 306 g/mol. The number of benzene rings is 2. The summed E-state index contributed by atoms with van der Waals surface area (Å²) in [5, 5.41) is 17.2. The molecule has 0 saturated carbocycles. The number of nitro benzene ring substituents is 1. The third kappa shape index (κ3) is 4.55. The maximum atomic E-state index is 12.3. The summed E-state index contributed by atoms with van der Waals surface area (Å²) < 4.78 is 0. The fourth-order valence-electron chi connectivity index (χ4n) is 2.32. The van der Waals surface area contributed by atoms with Crippen molar-refractivity contribution >= 4 is 17.3 Å². The molecule has 6 nitrogen and oxygen atoms in total. The van der Waals surface area contributed by atoms with Crippen molar-refractivity contribution in [1.29, 1.82) is 0 Å². The van der Waals surface area contributed by atoms with E-state index in [1.165, 1.54) is 12.1 Å². The number of nitrogens with one attached hydrogen (secondary N) is 2. The van der Waals surface area contributed by atoms with E-state index in [1.807, 2.05) is 30.3 Å². The van der Waals surface area contributed by atoms with E-state index in [4.69, 9.17) is 0 Å². The van der Waals surface area contributed by atoms with Gasteiger partial charge >= 0.3 is 0 Å². The number of rotatable bonds is 7. The first-order valence-electron chi connectivity index (χ1n) is 7.82. The summed E-state index contributed by atoms with van der Waals surface area (Å²) in [7, 11) is 0. The average molecular weight is 327 g/mol. The van der Waals surface area contributed by atoms with Crippen LogP contribution in [0.1, 0.15) is 24.2 Å². The first-order valence-corrected chi connectivity index (χ1v) is 7.82. The second-order valence-electron chi connectivity index (χ2n) is 5.85. The van der Waals surface area contributed by atoms with Gasteiger partial charge in [0.25, 0.3) is 11.6 Å².